The molecule has 0 atom stereocenters. The van der Waals surface area contributed by atoms with E-state index in [2.05, 4.69) is 9.97 Å². The molecular formula is C7H9KN2O3. The first kappa shape index (κ1) is 15.6. The van der Waals surface area contributed by atoms with Gasteiger partial charge in [0.05, 0.1) is 11.3 Å². The topological polar surface area (TPSA) is 93.1 Å². The molecule has 0 unspecified atom stereocenters. The van der Waals surface area contributed by atoms with Crippen molar-refractivity contribution >= 4 is 5.97 Å². The number of rotatable bonds is 1. The van der Waals surface area contributed by atoms with Crippen LogP contribution < -0.4 is 51.4 Å². The van der Waals surface area contributed by atoms with Gasteiger partial charge in [-0.15, -0.1) is 0 Å². The molecule has 13 heavy (non-hydrogen) atoms. The minimum atomic E-state index is -0.984. The van der Waals surface area contributed by atoms with E-state index in [-0.39, 0.29) is 62.4 Å². The number of aromatic nitrogens is 2. The van der Waals surface area contributed by atoms with E-state index in [0.717, 1.165) is 0 Å². The molecule has 1 aromatic rings. The third kappa shape index (κ3) is 4.25. The standard InChI is InChI=1S/C7H8N2O2.K.H2O/c1-4-6(7(10)11)3-8-5(2)9-4;;/h3H,1-2H3,(H,10,11);;1H2/q;+1;/p-1. The van der Waals surface area contributed by atoms with Crippen molar-refractivity contribution in [1.29, 1.82) is 0 Å². The molecule has 66 valence electrons. The quantitative estimate of drug-likeness (QED) is 0.520. The summed E-state index contributed by atoms with van der Waals surface area (Å²) in [7, 11) is 0. The fourth-order valence-corrected chi connectivity index (χ4v) is 0.793. The van der Waals surface area contributed by atoms with Gasteiger partial charge in [0, 0.05) is 6.20 Å². The van der Waals surface area contributed by atoms with Crippen LogP contribution in [0.3, 0.4) is 0 Å². The Labute approximate surface area is 118 Å². The molecule has 1 heterocycles. The molecule has 0 aliphatic carbocycles. The van der Waals surface area contributed by atoms with E-state index in [4.69, 9.17) is 5.11 Å². The van der Waals surface area contributed by atoms with Crippen molar-refractivity contribution < 1.29 is 66.8 Å². The van der Waals surface area contributed by atoms with Gasteiger partial charge in [0.2, 0.25) is 0 Å². The number of hydrogen-bond acceptors (Lipinski definition) is 4. The SMILES string of the molecule is Cc1ncc(C(=O)O)c(C)n1.[K+].[OH-]. The van der Waals surface area contributed by atoms with Crippen LogP contribution >= 0.6 is 0 Å². The Morgan fingerprint density at radius 2 is 2.00 bits per heavy atom. The van der Waals surface area contributed by atoms with Crippen LogP contribution in [0.1, 0.15) is 21.9 Å². The molecule has 5 nitrogen and oxygen atoms in total. The molecule has 0 aliphatic heterocycles. The number of aromatic carboxylic acids is 1. The molecule has 0 radical (unpaired) electrons. The summed E-state index contributed by atoms with van der Waals surface area (Å²) in [4.78, 5) is 18.1. The van der Waals surface area contributed by atoms with E-state index in [1.165, 1.54) is 6.20 Å². The largest absolute Gasteiger partial charge is 1.00 e. The summed E-state index contributed by atoms with van der Waals surface area (Å²) in [5.74, 6) is -0.394. The number of nitrogens with zero attached hydrogens (tertiary/aromatic N) is 2. The Hall–Kier alpha value is 0.146. The minimum Gasteiger partial charge on any atom is -0.870 e. The number of carbonyl (C=O) groups is 1. The number of carboxylic acids is 1. The van der Waals surface area contributed by atoms with Gasteiger partial charge in [-0.25, -0.2) is 14.8 Å². The Morgan fingerprint density at radius 1 is 1.46 bits per heavy atom. The molecular weight excluding hydrogens is 199 g/mol. The van der Waals surface area contributed by atoms with Gasteiger partial charge in [-0.2, -0.15) is 0 Å². The first-order chi connectivity index (χ1) is 5.11. The molecule has 0 saturated carbocycles. The number of hydrogen-bond donors (Lipinski definition) is 1. The average molecular weight is 208 g/mol. The molecule has 0 saturated heterocycles. The van der Waals surface area contributed by atoms with Crippen LogP contribution in [0.4, 0.5) is 0 Å². The van der Waals surface area contributed by atoms with Crippen molar-refractivity contribution in [2.24, 2.45) is 0 Å². The van der Waals surface area contributed by atoms with Crippen LogP contribution in [-0.4, -0.2) is 26.5 Å². The van der Waals surface area contributed by atoms with Crippen molar-refractivity contribution in [2.75, 3.05) is 0 Å². The second kappa shape index (κ2) is 6.58. The number of carboxylic acid groups (broad SMARTS) is 1. The second-order valence-electron chi connectivity index (χ2n) is 2.22. The van der Waals surface area contributed by atoms with Crippen molar-refractivity contribution in [3.05, 3.63) is 23.3 Å². The molecule has 0 aliphatic rings. The van der Waals surface area contributed by atoms with E-state index < -0.39 is 5.97 Å². The zero-order valence-electron chi connectivity index (χ0n) is 7.77. The predicted molar refractivity (Wildman–Crippen MR) is 40.4 cm³/mol. The first-order valence-corrected chi connectivity index (χ1v) is 3.15. The Balaban J connectivity index is 0. The molecule has 1 aromatic heterocycles. The maximum atomic E-state index is 10.5. The van der Waals surface area contributed by atoms with E-state index in [9.17, 15) is 4.79 Å². The Bertz CT molecular complexity index is 304. The zero-order valence-corrected chi connectivity index (χ0v) is 10.9. The fourth-order valence-electron chi connectivity index (χ4n) is 0.793. The van der Waals surface area contributed by atoms with E-state index in [1.807, 2.05) is 0 Å². The van der Waals surface area contributed by atoms with Crippen LogP contribution in [-0.2, 0) is 0 Å². The zero-order chi connectivity index (χ0) is 8.43. The summed E-state index contributed by atoms with van der Waals surface area (Å²) in [5.41, 5.74) is 0.667. The fraction of sp³-hybridized carbons (Fsp3) is 0.286. The smallest absolute Gasteiger partial charge is 0.870 e. The van der Waals surface area contributed by atoms with Gasteiger partial charge in [0.1, 0.15) is 5.82 Å². The molecule has 0 fully saturated rings. The summed E-state index contributed by atoms with van der Waals surface area (Å²) < 4.78 is 0. The van der Waals surface area contributed by atoms with Gasteiger partial charge in [-0.05, 0) is 13.8 Å². The molecule has 1 rings (SSSR count). The molecule has 0 aromatic carbocycles. The summed E-state index contributed by atoms with van der Waals surface area (Å²) in [6.07, 6.45) is 1.32. The van der Waals surface area contributed by atoms with Gasteiger partial charge in [0.25, 0.3) is 0 Å². The predicted octanol–water partition coefficient (Wildman–Crippen LogP) is -2.38. The van der Waals surface area contributed by atoms with E-state index in [0.29, 0.717) is 11.5 Å². The van der Waals surface area contributed by atoms with Crippen LogP contribution in [0, 0.1) is 13.8 Å². The van der Waals surface area contributed by atoms with Crippen molar-refractivity contribution in [3.8, 4) is 0 Å². The van der Waals surface area contributed by atoms with Crippen LogP contribution in [0.5, 0.6) is 0 Å². The van der Waals surface area contributed by atoms with Gasteiger partial charge in [-0.3, -0.25) is 0 Å². The normalized spacial score (nSPS) is 8.15. The van der Waals surface area contributed by atoms with Gasteiger partial charge in [-0.1, -0.05) is 0 Å². The molecule has 2 N–H and O–H groups in total. The molecule has 0 spiro atoms. The van der Waals surface area contributed by atoms with Gasteiger partial charge in [0.15, 0.2) is 0 Å². The maximum Gasteiger partial charge on any atom is 1.00 e. The monoisotopic (exact) mass is 208 g/mol. The molecule has 0 bridgehead atoms. The van der Waals surface area contributed by atoms with Crippen molar-refractivity contribution in [2.45, 2.75) is 13.8 Å². The maximum absolute atomic E-state index is 10.5. The van der Waals surface area contributed by atoms with Crippen LogP contribution in [0.2, 0.25) is 0 Å². The first-order valence-electron chi connectivity index (χ1n) is 3.15. The summed E-state index contributed by atoms with van der Waals surface area (Å²) >= 11 is 0. The Kier molecular flexibility index (Phi) is 7.90. The minimum absolute atomic E-state index is 0. The van der Waals surface area contributed by atoms with E-state index in [1.54, 1.807) is 13.8 Å². The van der Waals surface area contributed by atoms with Crippen molar-refractivity contribution in [3.63, 3.8) is 0 Å². The third-order valence-electron chi connectivity index (χ3n) is 1.33. The van der Waals surface area contributed by atoms with Crippen LogP contribution in [0.15, 0.2) is 6.20 Å². The third-order valence-corrected chi connectivity index (χ3v) is 1.33. The van der Waals surface area contributed by atoms with Gasteiger partial charge < -0.3 is 10.6 Å². The molecule has 0 amide bonds. The number of aryl methyl sites for hydroxylation is 2. The van der Waals surface area contributed by atoms with Crippen LogP contribution in [0.25, 0.3) is 0 Å². The average Bonchev–Trinajstić information content (AvgIpc) is 1.85. The second-order valence-corrected chi connectivity index (χ2v) is 2.22. The Morgan fingerprint density at radius 3 is 2.38 bits per heavy atom. The summed E-state index contributed by atoms with van der Waals surface area (Å²) in [6.45, 7) is 3.37. The van der Waals surface area contributed by atoms with Gasteiger partial charge >= 0.3 is 57.4 Å². The van der Waals surface area contributed by atoms with E-state index >= 15 is 0 Å². The van der Waals surface area contributed by atoms with Crippen molar-refractivity contribution in [1.82, 2.24) is 9.97 Å². The summed E-state index contributed by atoms with van der Waals surface area (Å²) in [5, 5.41) is 8.58. The summed E-state index contributed by atoms with van der Waals surface area (Å²) in [6, 6.07) is 0. The molecule has 6 heteroatoms.